The molecule has 0 radical (unpaired) electrons. The van der Waals surface area contributed by atoms with Crippen LogP contribution in [0.15, 0.2) is 48.5 Å². The van der Waals surface area contributed by atoms with Crippen molar-refractivity contribution in [2.45, 2.75) is 12.8 Å². The second kappa shape index (κ2) is 9.73. The monoisotopic (exact) mass is 413 g/mol. The summed E-state index contributed by atoms with van der Waals surface area (Å²) in [5.74, 6) is -0.516. The Morgan fingerprint density at radius 2 is 1.80 bits per heavy atom. The van der Waals surface area contributed by atoms with Gasteiger partial charge in [0.2, 0.25) is 0 Å². The number of para-hydroxylation sites is 2. The molecule has 9 heteroatoms. The fourth-order valence-electron chi connectivity index (χ4n) is 3.37. The standard InChI is InChI=1S/C21H23N3O6/c1-29-17-8-6-16(7-9-17)22-20(25)14-30-21(26)15-10-12-23(13-11-15)18-4-2-3-5-19(18)24(27)28/h2-9,15H,10-14H2,1H3,(H,22,25). The van der Waals surface area contributed by atoms with Crippen LogP contribution in [-0.4, -0.2) is 43.6 Å². The van der Waals surface area contributed by atoms with Crippen molar-refractivity contribution in [2.24, 2.45) is 5.92 Å². The highest BCUT2D eigenvalue weighted by Crippen LogP contribution is 2.31. The summed E-state index contributed by atoms with van der Waals surface area (Å²) < 4.78 is 10.2. The SMILES string of the molecule is COc1ccc(NC(=O)COC(=O)C2CCN(c3ccccc3[N+](=O)[O-])CC2)cc1. The van der Waals surface area contributed by atoms with E-state index in [1.54, 1.807) is 49.6 Å². The van der Waals surface area contributed by atoms with Gasteiger partial charge in [0.1, 0.15) is 11.4 Å². The molecule has 0 unspecified atom stereocenters. The molecule has 3 rings (SSSR count). The zero-order valence-electron chi connectivity index (χ0n) is 16.6. The molecule has 0 saturated carbocycles. The zero-order chi connectivity index (χ0) is 21.5. The first-order valence-corrected chi connectivity index (χ1v) is 9.57. The third-order valence-corrected chi connectivity index (χ3v) is 4.97. The van der Waals surface area contributed by atoms with E-state index in [9.17, 15) is 19.7 Å². The molecule has 0 atom stereocenters. The largest absolute Gasteiger partial charge is 0.497 e. The molecule has 158 valence electrons. The first-order chi connectivity index (χ1) is 14.5. The van der Waals surface area contributed by atoms with Gasteiger partial charge in [0.05, 0.1) is 18.0 Å². The number of piperidine rings is 1. The van der Waals surface area contributed by atoms with Crippen LogP contribution in [0.4, 0.5) is 17.1 Å². The van der Waals surface area contributed by atoms with Crippen LogP contribution in [0.3, 0.4) is 0 Å². The Kier molecular flexibility index (Phi) is 6.84. The molecule has 0 bridgehead atoms. The van der Waals surface area contributed by atoms with Crippen molar-refractivity contribution in [3.8, 4) is 5.75 Å². The number of nitro benzene ring substituents is 1. The molecule has 1 saturated heterocycles. The summed E-state index contributed by atoms with van der Waals surface area (Å²) in [7, 11) is 1.55. The van der Waals surface area contributed by atoms with Crippen molar-refractivity contribution in [1.29, 1.82) is 0 Å². The normalized spacial score (nSPS) is 14.1. The molecule has 1 aliphatic rings. The van der Waals surface area contributed by atoms with E-state index in [4.69, 9.17) is 9.47 Å². The molecule has 1 aliphatic heterocycles. The van der Waals surface area contributed by atoms with Gasteiger partial charge in [0, 0.05) is 24.8 Å². The first kappa shape index (κ1) is 21.1. The number of hydrogen-bond donors (Lipinski definition) is 1. The average molecular weight is 413 g/mol. The lowest BCUT2D eigenvalue weighted by Crippen LogP contribution is -2.37. The fourth-order valence-corrected chi connectivity index (χ4v) is 3.37. The molecule has 0 aromatic heterocycles. The second-order valence-electron chi connectivity index (χ2n) is 6.89. The van der Waals surface area contributed by atoms with Crippen molar-refractivity contribution in [3.63, 3.8) is 0 Å². The summed E-state index contributed by atoms with van der Waals surface area (Å²) in [5, 5.41) is 13.9. The van der Waals surface area contributed by atoms with Crippen molar-refractivity contribution in [1.82, 2.24) is 0 Å². The van der Waals surface area contributed by atoms with Crippen molar-refractivity contribution in [3.05, 3.63) is 58.6 Å². The number of anilines is 2. The number of nitrogens with zero attached hydrogens (tertiary/aromatic N) is 2. The van der Waals surface area contributed by atoms with Crippen LogP contribution in [0.2, 0.25) is 0 Å². The molecule has 9 nitrogen and oxygen atoms in total. The smallest absolute Gasteiger partial charge is 0.309 e. The lowest BCUT2D eigenvalue weighted by Gasteiger charge is -2.32. The van der Waals surface area contributed by atoms with Crippen LogP contribution in [0, 0.1) is 16.0 Å². The number of carbonyl (C=O) groups excluding carboxylic acids is 2. The first-order valence-electron chi connectivity index (χ1n) is 9.57. The van der Waals surface area contributed by atoms with Gasteiger partial charge in [-0.25, -0.2) is 0 Å². The number of ether oxygens (including phenoxy) is 2. The summed E-state index contributed by atoms with van der Waals surface area (Å²) in [6.07, 6.45) is 1.01. The number of carbonyl (C=O) groups is 2. The number of nitro groups is 1. The molecular formula is C21H23N3O6. The van der Waals surface area contributed by atoms with E-state index in [2.05, 4.69) is 5.32 Å². The summed E-state index contributed by atoms with van der Waals surface area (Å²) in [4.78, 5) is 37.0. The van der Waals surface area contributed by atoms with Crippen LogP contribution in [0.25, 0.3) is 0 Å². The van der Waals surface area contributed by atoms with Crippen LogP contribution >= 0.6 is 0 Å². The lowest BCUT2D eigenvalue weighted by atomic mass is 9.96. The average Bonchev–Trinajstić information content (AvgIpc) is 2.78. The van der Waals surface area contributed by atoms with E-state index in [0.29, 0.717) is 43.1 Å². The zero-order valence-corrected chi connectivity index (χ0v) is 16.6. The quantitative estimate of drug-likeness (QED) is 0.422. The molecule has 1 amide bonds. The Hall–Kier alpha value is -3.62. The van der Waals surface area contributed by atoms with Crippen molar-refractivity contribution in [2.75, 3.05) is 37.0 Å². The topological polar surface area (TPSA) is 111 Å². The maximum atomic E-state index is 12.3. The molecule has 2 aromatic rings. The van der Waals surface area contributed by atoms with Crippen LogP contribution < -0.4 is 15.0 Å². The number of benzene rings is 2. The van der Waals surface area contributed by atoms with E-state index in [-0.39, 0.29) is 18.2 Å². The van der Waals surface area contributed by atoms with Gasteiger partial charge in [-0.3, -0.25) is 19.7 Å². The van der Waals surface area contributed by atoms with Gasteiger partial charge in [-0.2, -0.15) is 0 Å². The number of methoxy groups -OCH3 is 1. The highest BCUT2D eigenvalue weighted by molar-refractivity contribution is 5.93. The third-order valence-electron chi connectivity index (χ3n) is 4.97. The van der Waals surface area contributed by atoms with Crippen molar-refractivity contribution >= 4 is 28.9 Å². The highest BCUT2D eigenvalue weighted by atomic mass is 16.6. The van der Waals surface area contributed by atoms with Gasteiger partial charge in [-0.15, -0.1) is 0 Å². The van der Waals surface area contributed by atoms with E-state index >= 15 is 0 Å². The van der Waals surface area contributed by atoms with E-state index in [1.165, 1.54) is 6.07 Å². The summed E-state index contributed by atoms with van der Waals surface area (Å²) >= 11 is 0. The summed E-state index contributed by atoms with van der Waals surface area (Å²) in [5.41, 5.74) is 1.18. The highest BCUT2D eigenvalue weighted by Gasteiger charge is 2.29. The fraction of sp³-hybridized carbons (Fsp3) is 0.333. The van der Waals surface area contributed by atoms with E-state index in [1.807, 2.05) is 4.90 Å². The second-order valence-corrected chi connectivity index (χ2v) is 6.89. The van der Waals surface area contributed by atoms with Gasteiger partial charge in [-0.1, -0.05) is 12.1 Å². The molecule has 2 aromatic carbocycles. The number of nitrogens with one attached hydrogen (secondary N) is 1. The van der Waals surface area contributed by atoms with Gasteiger partial charge in [-0.05, 0) is 43.2 Å². The van der Waals surface area contributed by atoms with Gasteiger partial charge in [0.15, 0.2) is 6.61 Å². The Morgan fingerprint density at radius 3 is 2.43 bits per heavy atom. The van der Waals surface area contributed by atoms with Gasteiger partial charge < -0.3 is 19.7 Å². The van der Waals surface area contributed by atoms with E-state index < -0.39 is 16.8 Å². The molecule has 1 fully saturated rings. The summed E-state index contributed by atoms with van der Waals surface area (Å²) in [6.45, 7) is 0.639. The van der Waals surface area contributed by atoms with Crippen LogP contribution in [0.1, 0.15) is 12.8 Å². The predicted octanol–water partition coefficient (Wildman–Crippen LogP) is 3.00. The molecule has 1 heterocycles. The molecule has 1 N–H and O–H groups in total. The maximum absolute atomic E-state index is 12.3. The van der Waals surface area contributed by atoms with Crippen molar-refractivity contribution < 1.29 is 24.0 Å². The molecule has 0 aliphatic carbocycles. The van der Waals surface area contributed by atoms with Gasteiger partial charge in [0.25, 0.3) is 11.6 Å². The number of esters is 1. The number of rotatable bonds is 7. The van der Waals surface area contributed by atoms with Gasteiger partial charge >= 0.3 is 5.97 Å². The minimum absolute atomic E-state index is 0.0497. The Labute approximate surface area is 173 Å². The molecular weight excluding hydrogens is 390 g/mol. The lowest BCUT2D eigenvalue weighted by molar-refractivity contribution is -0.384. The minimum atomic E-state index is -0.429. The Morgan fingerprint density at radius 1 is 1.13 bits per heavy atom. The Bertz CT molecular complexity index is 907. The van der Waals surface area contributed by atoms with Crippen LogP contribution in [-0.2, 0) is 14.3 Å². The molecule has 30 heavy (non-hydrogen) atoms. The minimum Gasteiger partial charge on any atom is -0.497 e. The van der Waals surface area contributed by atoms with Crippen LogP contribution in [0.5, 0.6) is 5.75 Å². The number of amides is 1. The molecule has 0 spiro atoms. The third kappa shape index (κ3) is 5.25. The number of hydrogen-bond acceptors (Lipinski definition) is 7. The Balaban J connectivity index is 1.46. The van der Waals surface area contributed by atoms with E-state index in [0.717, 1.165) is 0 Å². The predicted molar refractivity (Wildman–Crippen MR) is 111 cm³/mol. The summed E-state index contributed by atoms with van der Waals surface area (Å²) in [6, 6.07) is 13.4. The maximum Gasteiger partial charge on any atom is 0.309 e.